The highest BCUT2D eigenvalue weighted by Crippen LogP contribution is 2.26. The number of hydrogen-bond acceptors (Lipinski definition) is 4. The average Bonchev–Trinajstić information content (AvgIpc) is 3.36. The molecule has 0 saturated carbocycles. The molecule has 3 aliphatic rings. The summed E-state index contributed by atoms with van der Waals surface area (Å²) in [6.07, 6.45) is 10.8. The number of amides is 1. The van der Waals surface area contributed by atoms with Gasteiger partial charge in [-0.05, 0) is 45.1 Å². The van der Waals surface area contributed by atoms with Crippen LogP contribution in [0.25, 0.3) is 0 Å². The van der Waals surface area contributed by atoms with Gasteiger partial charge < -0.3 is 9.88 Å². The van der Waals surface area contributed by atoms with Crippen LogP contribution >= 0.6 is 0 Å². The largest absolute Gasteiger partial charge is 0.347 e. The molecule has 0 radical (unpaired) electrons. The number of carbonyl (C=O) groups is 1. The van der Waals surface area contributed by atoms with Crippen molar-refractivity contribution in [3.8, 4) is 0 Å². The maximum absolute atomic E-state index is 12.7. The molecule has 1 aromatic rings. The number of piperidine rings is 2. The Bertz CT molecular complexity index is 546. The topological polar surface area (TPSA) is 55.5 Å². The maximum atomic E-state index is 12.7. The summed E-state index contributed by atoms with van der Waals surface area (Å²) in [7, 11) is 0. The fourth-order valence-electron chi connectivity index (χ4n) is 4.79. The Kier molecular flexibility index (Phi) is 5.36. The van der Waals surface area contributed by atoms with Gasteiger partial charge in [-0.15, -0.1) is 0 Å². The fourth-order valence-corrected chi connectivity index (χ4v) is 4.79. The minimum atomic E-state index is 0.245. The molecule has 4 heterocycles. The molecule has 25 heavy (non-hydrogen) atoms. The van der Waals surface area contributed by atoms with Crippen molar-refractivity contribution >= 4 is 5.91 Å². The van der Waals surface area contributed by atoms with E-state index in [1.165, 1.54) is 44.3 Å². The number of rotatable bonds is 4. The second-order valence-electron chi connectivity index (χ2n) is 7.95. The van der Waals surface area contributed by atoms with Gasteiger partial charge in [-0.2, -0.15) is 0 Å². The van der Waals surface area contributed by atoms with Crippen LogP contribution in [0.4, 0.5) is 0 Å². The maximum Gasteiger partial charge on any atom is 0.226 e. The summed E-state index contributed by atoms with van der Waals surface area (Å²) in [5.74, 6) is 0.675. The lowest BCUT2D eigenvalue weighted by Crippen LogP contribution is -2.51. The van der Waals surface area contributed by atoms with Gasteiger partial charge >= 0.3 is 0 Å². The zero-order valence-corrected chi connectivity index (χ0v) is 15.2. The van der Waals surface area contributed by atoms with E-state index in [-0.39, 0.29) is 5.92 Å². The van der Waals surface area contributed by atoms with Crippen LogP contribution in [0.1, 0.15) is 44.2 Å². The molecule has 3 aliphatic heterocycles. The quantitative estimate of drug-likeness (QED) is 0.903. The van der Waals surface area contributed by atoms with E-state index in [2.05, 4.69) is 24.7 Å². The molecule has 0 bridgehead atoms. The van der Waals surface area contributed by atoms with Gasteiger partial charge in [-0.1, -0.05) is 0 Å². The van der Waals surface area contributed by atoms with E-state index < -0.39 is 0 Å². The molecule has 0 aliphatic carbocycles. The van der Waals surface area contributed by atoms with Crippen molar-refractivity contribution < 1.29 is 4.79 Å². The Morgan fingerprint density at radius 3 is 2.60 bits per heavy atom. The van der Waals surface area contributed by atoms with Gasteiger partial charge in [0.2, 0.25) is 5.91 Å². The molecular formula is C19H31N5O. The summed E-state index contributed by atoms with van der Waals surface area (Å²) >= 11 is 0. The predicted octanol–water partition coefficient (Wildman–Crippen LogP) is 1.71. The van der Waals surface area contributed by atoms with Gasteiger partial charge in [0.05, 0.1) is 12.2 Å². The molecule has 6 heteroatoms. The van der Waals surface area contributed by atoms with Crippen molar-refractivity contribution in [2.24, 2.45) is 5.92 Å². The lowest BCUT2D eigenvalue weighted by Gasteiger charge is -2.42. The molecule has 6 nitrogen and oxygen atoms in total. The highest BCUT2D eigenvalue weighted by molar-refractivity contribution is 5.79. The second-order valence-corrected chi connectivity index (χ2v) is 7.95. The van der Waals surface area contributed by atoms with Crippen molar-refractivity contribution in [1.29, 1.82) is 0 Å². The molecule has 4 rings (SSSR count). The number of nitrogens with zero attached hydrogens (tertiary/aromatic N) is 4. The van der Waals surface area contributed by atoms with E-state index >= 15 is 0 Å². The van der Waals surface area contributed by atoms with E-state index in [9.17, 15) is 4.79 Å². The van der Waals surface area contributed by atoms with Crippen molar-refractivity contribution in [2.45, 2.75) is 51.1 Å². The Hall–Kier alpha value is -1.40. The molecule has 138 valence electrons. The summed E-state index contributed by atoms with van der Waals surface area (Å²) in [6.45, 7) is 7.40. The molecule has 1 amide bonds. The Balaban J connectivity index is 1.26. The summed E-state index contributed by atoms with van der Waals surface area (Å²) in [4.78, 5) is 27.3. The molecule has 1 aromatic heterocycles. The molecule has 1 atom stereocenters. The molecule has 0 unspecified atom stereocenters. The normalized spacial score (nSPS) is 27.0. The number of aromatic nitrogens is 2. The SMILES string of the molecule is O=C([C@@H]1CCCN(C2CCN(Cc3cnc[nH]3)CC2)C1)N1CCCC1. The minimum absolute atomic E-state index is 0.245. The highest BCUT2D eigenvalue weighted by Gasteiger charge is 2.34. The van der Waals surface area contributed by atoms with E-state index in [0.29, 0.717) is 11.9 Å². The first-order valence-electron chi connectivity index (χ1n) is 10.0. The third-order valence-electron chi connectivity index (χ3n) is 6.24. The number of carbonyl (C=O) groups excluding carboxylic acids is 1. The van der Waals surface area contributed by atoms with Gasteiger partial charge in [-0.25, -0.2) is 4.98 Å². The van der Waals surface area contributed by atoms with Gasteiger partial charge in [0.1, 0.15) is 0 Å². The van der Waals surface area contributed by atoms with Crippen molar-refractivity contribution in [2.75, 3.05) is 39.3 Å². The number of imidazole rings is 1. The lowest BCUT2D eigenvalue weighted by atomic mass is 9.93. The number of nitrogens with one attached hydrogen (secondary N) is 1. The third-order valence-corrected chi connectivity index (χ3v) is 6.24. The van der Waals surface area contributed by atoms with Crippen LogP contribution in [0.15, 0.2) is 12.5 Å². The smallest absolute Gasteiger partial charge is 0.226 e. The Morgan fingerprint density at radius 2 is 1.88 bits per heavy atom. The zero-order valence-electron chi connectivity index (χ0n) is 15.2. The summed E-state index contributed by atoms with van der Waals surface area (Å²) in [5, 5.41) is 0. The Morgan fingerprint density at radius 1 is 1.08 bits per heavy atom. The monoisotopic (exact) mass is 345 g/mol. The predicted molar refractivity (Wildman–Crippen MR) is 97.0 cm³/mol. The first-order valence-corrected chi connectivity index (χ1v) is 10.0. The van der Waals surface area contributed by atoms with Crippen LogP contribution in [0.5, 0.6) is 0 Å². The van der Waals surface area contributed by atoms with E-state index in [4.69, 9.17) is 0 Å². The molecule has 3 saturated heterocycles. The molecule has 1 N–H and O–H groups in total. The van der Waals surface area contributed by atoms with Crippen LogP contribution in [-0.2, 0) is 11.3 Å². The molecular weight excluding hydrogens is 314 g/mol. The first kappa shape index (κ1) is 17.0. The summed E-state index contributed by atoms with van der Waals surface area (Å²) in [5.41, 5.74) is 1.20. The van der Waals surface area contributed by atoms with Gasteiger partial charge in [0, 0.05) is 57.2 Å². The fraction of sp³-hybridized carbons (Fsp3) is 0.789. The number of aromatic amines is 1. The second kappa shape index (κ2) is 7.87. The molecule has 3 fully saturated rings. The van der Waals surface area contributed by atoms with Crippen molar-refractivity contribution in [3.05, 3.63) is 18.2 Å². The summed E-state index contributed by atoms with van der Waals surface area (Å²) < 4.78 is 0. The van der Waals surface area contributed by atoms with Gasteiger partial charge in [-0.3, -0.25) is 14.6 Å². The van der Waals surface area contributed by atoms with Crippen LogP contribution in [0.3, 0.4) is 0 Å². The number of H-pyrrole nitrogens is 1. The van der Waals surface area contributed by atoms with Gasteiger partial charge in [0.25, 0.3) is 0 Å². The highest BCUT2D eigenvalue weighted by atomic mass is 16.2. The summed E-state index contributed by atoms with van der Waals surface area (Å²) in [6, 6.07) is 0.659. The van der Waals surface area contributed by atoms with Gasteiger partial charge in [0.15, 0.2) is 0 Å². The molecule has 0 aromatic carbocycles. The van der Waals surface area contributed by atoms with E-state index in [1.54, 1.807) is 6.33 Å². The Labute approximate surface area is 150 Å². The van der Waals surface area contributed by atoms with Crippen LogP contribution in [0, 0.1) is 5.92 Å². The zero-order chi connectivity index (χ0) is 17.1. The average molecular weight is 345 g/mol. The standard InChI is InChI=1S/C19H31N5O/c25-19(23-7-1-2-8-23)16-4-3-9-24(13-16)18-5-10-22(11-6-18)14-17-12-20-15-21-17/h12,15-16,18H,1-11,13-14H2,(H,20,21)/t16-/m1/s1. The first-order chi connectivity index (χ1) is 12.3. The van der Waals surface area contributed by atoms with Crippen molar-refractivity contribution in [3.63, 3.8) is 0 Å². The van der Waals surface area contributed by atoms with E-state index in [0.717, 1.165) is 45.7 Å². The number of hydrogen-bond donors (Lipinski definition) is 1. The molecule has 0 spiro atoms. The number of likely N-dealkylation sites (tertiary alicyclic amines) is 3. The lowest BCUT2D eigenvalue weighted by molar-refractivity contribution is -0.136. The van der Waals surface area contributed by atoms with Crippen molar-refractivity contribution in [1.82, 2.24) is 24.7 Å². The van der Waals surface area contributed by atoms with Crippen LogP contribution < -0.4 is 0 Å². The minimum Gasteiger partial charge on any atom is -0.347 e. The van der Waals surface area contributed by atoms with E-state index in [1.807, 2.05) is 6.20 Å². The van der Waals surface area contributed by atoms with Crippen LogP contribution in [-0.4, -0.2) is 75.9 Å². The van der Waals surface area contributed by atoms with Crippen LogP contribution in [0.2, 0.25) is 0 Å². The third kappa shape index (κ3) is 4.06.